The van der Waals surface area contributed by atoms with Crippen molar-refractivity contribution < 1.29 is 22.4 Å². The van der Waals surface area contributed by atoms with E-state index in [1.807, 2.05) is 6.92 Å². The van der Waals surface area contributed by atoms with Crippen molar-refractivity contribution in [2.75, 3.05) is 10.6 Å². The van der Waals surface area contributed by atoms with Crippen molar-refractivity contribution in [3.05, 3.63) is 59.4 Å². The maximum atomic E-state index is 13.2. The third kappa shape index (κ3) is 4.21. The van der Waals surface area contributed by atoms with Gasteiger partial charge >= 0.3 is 12.2 Å². The molecule has 0 saturated carbocycles. The lowest BCUT2D eigenvalue weighted by atomic mass is 10.2. The monoisotopic (exact) mass is 312 g/mol. The standard InChI is InChI=1S/C15H12F4N2O/c1-9-2-4-12(5-3-9)20-14(22)21-13-7-10(15(17,18)19)6-11(16)8-13/h2-8H,1H3,(H2,20,21,22). The molecule has 22 heavy (non-hydrogen) atoms. The van der Waals surface area contributed by atoms with Crippen LogP contribution in [0.3, 0.4) is 0 Å². The van der Waals surface area contributed by atoms with Crippen LogP contribution in [0.25, 0.3) is 0 Å². The lowest BCUT2D eigenvalue weighted by Gasteiger charge is -2.11. The molecule has 2 aromatic carbocycles. The van der Waals surface area contributed by atoms with Crippen molar-refractivity contribution >= 4 is 17.4 Å². The molecule has 0 atom stereocenters. The van der Waals surface area contributed by atoms with Crippen LogP contribution in [0.15, 0.2) is 42.5 Å². The number of rotatable bonds is 2. The van der Waals surface area contributed by atoms with E-state index in [0.717, 1.165) is 11.6 Å². The number of alkyl halides is 3. The minimum absolute atomic E-state index is 0.281. The largest absolute Gasteiger partial charge is 0.416 e. The number of carbonyl (C=O) groups is 1. The minimum Gasteiger partial charge on any atom is -0.308 e. The third-order valence-electron chi connectivity index (χ3n) is 2.79. The molecule has 0 aliphatic heterocycles. The fraction of sp³-hybridized carbons (Fsp3) is 0.133. The maximum Gasteiger partial charge on any atom is 0.416 e. The number of anilines is 2. The second-order valence-corrected chi connectivity index (χ2v) is 4.67. The molecule has 0 unspecified atom stereocenters. The Kier molecular flexibility index (Phi) is 4.35. The van der Waals surface area contributed by atoms with Gasteiger partial charge in [-0.3, -0.25) is 0 Å². The van der Waals surface area contributed by atoms with E-state index in [0.29, 0.717) is 17.8 Å². The van der Waals surface area contributed by atoms with Gasteiger partial charge in [-0.1, -0.05) is 17.7 Å². The summed E-state index contributed by atoms with van der Waals surface area (Å²) in [6, 6.07) is 7.88. The molecule has 0 aliphatic carbocycles. The number of nitrogens with one attached hydrogen (secondary N) is 2. The number of hydrogen-bond donors (Lipinski definition) is 2. The Labute approximate surface area is 124 Å². The number of aryl methyl sites for hydroxylation is 1. The predicted octanol–water partition coefficient (Wildman–Crippen LogP) is 4.80. The SMILES string of the molecule is Cc1ccc(NC(=O)Nc2cc(F)cc(C(F)(F)F)c2)cc1. The smallest absolute Gasteiger partial charge is 0.308 e. The highest BCUT2D eigenvalue weighted by Crippen LogP contribution is 2.31. The van der Waals surface area contributed by atoms with E-state index in [4.69, 9.17) is 0 Å². The first kappa shape index (κ1) is 15.8. The van der Waals surface area contributed by atoms with Crippen LogP contribution in [0, 0.1) is 12.7 Å². The summed E-state index contributed by atoms with van der Waals surface area (Å²) >= 11 is 0. The maximum absolute atomic E-state index is 13.2. The van der Waals surface area contributed by atoms with Gasteiger partial charge in [-0.05, 0) is 37.3 Å². The van der Waals surface area contributed by atoms with Crippen LogP contribution in [0.2, 0.25) is 0 Å². The van der Waals surface area contributed by atoms with E-state index >= 15 is 0 Å². The van der Waals surface area contributed by atoms with Gasteiger partial charge in [0, 0.05) is 11.4 Å². The van der Waals surface area contributed by atoms with Crippen LogP contribution >= 0.6 is 0 Å². The molecule has 116 valence electrons. The zero-order chi connectivity index (χ0) is 16.3. The van der Waals surface area contributed by atoms with Crippen LogP contribution in [0.1, 0.15) is 11.1 Å². The first-order valence-electron chi connectivity index (χ1n) is 6.26. The number of halogens is 4. The highest BCUT2D eigenvalue weighted by molar-refractivity contribution is 5.99. The highest BCUT2D eigenvalue weighted by Gasteiger charge is 2.31. The molecular weight excluding hydrogens is 300 g/mol. The summed E-state index contributed by atoms with van der Waals surface area (Å²) in [7, 11) is 0. The molecule has 2 rings (SSSR count). The molecule has 0 bridgehead atoms. The van der Waals surface area contributed by atoms with Crippen molar-refractivity contribution in [2.24, 2.45) is 0 Å². The summed E-state index contributed by atoms with van der Waals surface area (Å²) in [5.41, 5.74) is 0.0107. The lowest BCUT2D eigenvalue weighted by molar-refractivity contribution is -0.137. The minimum atomic E-state index is -4.69. The van der Waals surface area contributed by atoms with Gasteiger partial charge in [-0.2, -0.15) is 13.2 Å². The summed E-state index contributed by atoms with van der Waals surface area (Å²) < 4.78 is 50.9. The Bertz CT molecular complexity index is 681. The molecule has 3 nitrogen and oxygen atoms in total. The zero-order valence-corrected chi connectivity index (χ0v) is 11.5. The van der Waals surface area contributed by atoms with E-state index in [1.165, 1.54) is 0 Å². The molecule has 0 radical (unpaired) electrons. The Morgan fingerprint density at radius 1 is 0.955 bits per heavy atom. The molecule has 2 aromatic rings. The normalized spacial score (nSPS) is 11.1. The van der Waals surface area contributed by atoms with Crippen molar-refractivity contribution in [2.45, 2.75) is 13.1 Å². The number of urea groups is 1. The Morgan fingerprint density at radius 3 is 2.14 bits per heavy atom. The number of carbonyl (C=O) groups excluding carboxylic acids is 1. The van der Waals surface area contributed by atoms with E-state index in [-0.39, 0.29) is 5.69 Å². The van der Waals surface area contributed by atoms with Crippen LogP contribution < -0.4 is 10.6 Å². The predicted molar refractivity (Wildman–Crippen MR) is 75.2 cm³/mol. The molecule has 0 fully saturated rings. The van der Waals surface area contributed by atoms with Crippen LogP contribution in [-0.2, 0) is 6.18 Å². The summed E-state index contributed by atoms with van der Waals surface area (Å²) in [5, 5.41) is 4.61. The van der Waals surface area contributed by atoms with Crippen LogP contribution in [0.5, 0.6) is 0 Å². The molecular formula is C15H12F4N2O. The van der Waals surface area contributed by atoms with E-state index in [9.17, 15) is 22.4 Å². The number of benzene rings is 2. The summed E-state index contributed by atoms with van der Waals surface area (Å²) in [4.78, 5) is 11.7. The van der Waals surface area contributed by atoms with E-state index in [1.54, 1.807) is 24.3 Å². The van der Waals surface area contributed by atoms with Gasteiger partial charge in [-0.15, -0.1) is 0 Å². The van der Waals surface area contributed by atoms with Gasteiger partial charge in [-0.25, -0.2) is 9.18 Å². The molecule has 0 aromatic heterocycles. The van der Waals surface area contributed by atoms with Gasteiger partial charge < -0.3 is 10.6 Å². The van der Waals surface area contributed by atoms with Crippen molar-refractivity contribution in [3.63, 3.8) is 0 Å². The number of amides is 2. The van der Waals surface area contributed by atoms with Crippen molar-refractivity contribution in [1.82, 2.24) is 0 Å². The second-order valence-electron chi connectivity index (χ2n) is 4.67. The summed E-state index contributed by atoms with van der Waals surface area (Å²) in [6.07, 6.45) is -4.69. The van der Waals surface area contributed by atoms with Gasteiger partial charge in [0.1, 0.15) is 5.82 Å². The van der Waals surface area contributed by atoms with Gasteiger partial charge in [0.05, 0.1) is 5.56 Å². The molecule has 0 saturated heterocycles. The number of hydrogen-bond acceptors (Lipinski definition) is 1. The molecule has 0 spiro atoms. The fourth-order valence-electron chi connectivity index (χ4n) is 1.76. The second kappa shape index (κ2) is 6.05. The average Bonchev–Trinajstić information content (AvgIpc) is 2.39. The van der Waals surface area contributed by atoms with Gasteiger partial charge in [0.2, 0.25) is 0 Å². The Balaban J connectivity index is 2.11. The van der Waals surface area contributed by atoms with Gasteiger partial charge in [0.15, 0.2) is 0 Å². The summed E-state index contributed by atoms with van der Waals surface area (Å²) in [5.74, 6) is -1.08. The zero-order valence-electron chi connectivity index (χ0n) is 11.5. The molecule has 0 aliphatic rings. The molecule has 2 N–H and O–H groups in total. The first-order valence-corrected chi connectivity index (χ1v) is 6.26. The summed E-state index contributed by atoms with van der Waals surface area (Å²) in [6.45, 7) is 1.87. The first-order chi connectivity index (χ1) is 10.2. The molecule has 0 heterocycles. The van der Waals surface area contributed by atoms with Crippen LogP contribution in [-0.4, -0.2) is 6.03 Å². The lowest BCUT2D eigenvalue weighted by Crippen LogP contribution is -2.20. The van der Waals surface area contributed by atoms with Crippen molar-refractivity contribution in [3.8, 4) is 0 Å². The quantitative estimate of drug-likeness (QED) is 0.769. The van der Waals surface area contributed by atoms with Crippen molar-refractivity contribution in [1.29, 1.82) is 0 Å². The van der Waals surface area contributed by atoms with E-state index in [2.05, 4.69) is 10.6 Å². The van der Waals surface area contributed by atoms with E-state index < -0.39 is 23.6 Å². The average molecular weight is 312 g/mol. The molecule has 2 amide bonds. The fourth-order valence-corrected chi connectivity index (χ4v) is 1.76. The highest BCUT2D eigenvalue weighted by atomic mass is 19.4. The van der Waals surface area contributed by atoms with Gasteiger partial charge in [0.25, 0.3) is 0 Å². The Hall–Kier alpha value is -2.57. The third-order valence-corrected chi connectivity index (χ3v) is 2.79. The topological polar surface area (TPSA) is 41.1 Å². The molecule has 7 heteroatoms. The van der Waals surface area contributed by atoms with Crippen LogP contribution in [0.4, 0.5) is 33.7 Å². The Morgan fingerprint density at radius 2 is 1.55 bits per heavy atom.